The van der Waals surface area contributed by atoms with Crippen LogP contribution in [-0.2, 0) is 0 Å². The third-order valence-corrected chi connectivity index (χ3v) is 3.35. The van der Waals surface area contributed by atoms with Gasteiger partial charge in [-0.1, -0.05) is 12.1 Å². The quantitative estimate of drug-likeness (QED) is 0.574. The predicted octanol–water partition coefficient (Wildman–Crippen LogP) is 2.33. The molecule has 2 N–H and O–H groups in total. The molecule has 0 bridgehead atoms. The number of benzene rings is 1. The monoisotopic (exact) mass is 314 g/mol. The molecular weight excluding hydrogens is 300 g/mol. The van der Waals surface area contributed by atoms with Gasteiger partial charge in [0.25, 0.3) is 5.95 Å². The minimum absolute atomic E-state index is 0.147. The van der Waals surface area contributed by atoms with Crippen LogP contribution in [0.15, 0.2) is 35.4 Å². The summed E-state index contributed by atoms with van der Waals surface area (Å²) in [7, 11) is 0. The van der Waals surface area contributed by atoms with Crippen molar-refractivity contribution < 1.29 is 5.11 Å². The highest BCUT2D eigenvalue weighted by molar-refractivity contribution is 7.71. The fourth-order valence-electron chi connectivity index (χ4n) is 2.07. The van der Waals surface area contributed by atoms with Crippen molar-refractivity contribution in [2.45, 2.75) is 13.8 Å². The zero-order chi connectivity index (χ0) is 15.7. The van der Waals surface area contributed by atoms with Gasteiger partial charge in [0.15, 0.2) is 0 Å². The van der Waals surface area contributed by atoms with E-state index in [1.165, 1.54) is 10.9 Å². The van der Waals surface area contributed by atoms with E-state index in [1.807, 2.05) is 26.0 Å². The molecule has 0 unspecified atom stereocenters. The molecule has 0 amide bonds. The normalized spacial score (nSPS) is 11.4. The highest BCUT2D eigenvalue weighted by Crippen LogP contribution is 2.14. The summed E-state index contributed by atoms with van der Waals surface area (Å²) in [5.41, 5.74) is 2.39. The lowest BCUT2D eigenvalue weighted by Crippen LogP contribution is -2.07. The maximum atomic E-state index is 9.77. The number of rotatable bonds is 3. The molecule has 0 aliphatic heterocycles. The highest BCUT2D eigenvalue weighted by Gasteiger charge is 2.11. The summed E-state index contributed by atoms with van der Waals surface area (Å²) in [5.74, 6) is 0.608. The smallest absolute Gasteiger partial charge is 0.271 e. The first-order valence-electron chi connectivity index (χ1n) is 6.59. The lowest BCUT2D eigenvalue weighted by molar-refractivity contribution is 0.474. The number of phenolic OH excluding ortho intramolecular Hbond substituents is 1. The topological polar surface area (TPSA) is 84.0 Å². The van der Waals surface area contributed by atoms with Crippen molar-refractivity contribution in [3.8, 4) is 11.7 Å². The Morgan fingerprint density at radius 2 is 2.09 bits per heavy atom. The van der Waals surface area contributed by atoms with E-state index in [0.717, 1.165) is 11.4 Å². The molecule has 0 aliphatic carbocycles. The van der Waals surface area contributed by atoms with E-state index in [4.69, 9.17) is 12.2 Å². The first-order valence-corrected chi connectivity index (χ1v) is 7.00. The molecule has 2 heterocycles. The Morgan fingerprint density at radius 1 is 1.32 bits per heavy atom. The summed E-state index contributed by atoms with van der Waals surface area (Å²) in [4.78, 5) is 0. The largest absolute Gasteiger partial charge is 0.507 e. The molecule has 0 saturated carbocycles. The van der Waals surface area contributed by atoms with Crippen LogP contribution in [0.2, 0.25) is 0 Å². The number of hydrogen-bond acceptors (Lipinski definition) is 5. The molecule has 7 nitrogen and oxygen atoms in total. The van der Waals surface area contributed by atoms with Crippen molar-refractivity contribution in [1.82, 2.24) is 24.7 Å². The van der Waals surface area contributed by atoms with Crippen LogP contribution in [-0.4, -0.2) is 36.0 Å². The maximum absolute atomic E-state index is 9.77. The molecule has 0 aliphatic rings. The lowest BCUT2D eigenvalue weighted by Gasteiger charge is -2.03. The molecule has 2 aromatic heterocycles. The third kappa shape index (κ3) is 2.56. The number of aromatic amines is 1. The second-order valence-electron chi connectivity index (χ2n) is 4.78. The maximum Gasteiger partial charge on any atom is 0.271 e. The van der Waals surface area contributed by atoms with E-state index in [-0.39, 0.29) is 5.75 Å². The van der Waals surface area contributed by atoms with E-state index in [0.29, 0.717) is 16.3 Å². The van der Waals surface area contributed by atoms with Gasteiger partial charge in [0.2, 0.25) is 4.77 Å². The van der Waals surface area contributed by atoms with Crippen LogP contribution in [0.5, 0.6) is 5.75 Å². The van der Waals surface area contributed by atoms with Crippen LogP contribution in [0.3, 0.4) is 0 Å². The molecular formula is C14H14N6OS. The van der Waals surface area contributed by atoms with Crippen molar-refractivity contribution in [1.29, 1.82) is 0 Å². The summed E-state index contributed by atoms with van der Waals surface area (Å²) in [6.45, 7) is 3.83. The fourth-order valence-corrected chi connectivity index (χ4v) is 2.25. The van der Waals surface area contributed by atoms with Crippen LogP contribution in [0.25, 0.3) is 5.95 Å². The number of para-hydroxylation sites is 1. The number of nitrogens with zero attached hydrogens (tertiary/aromatic N) is 5. The van der Waals surface area contributed by atoms with Gasteiger partial charge in [-0.2, -0.15) is 14.9 Å². The van der Waals surface area contributed by atoms with Gasteiger partial charge < -0.3 is 5.11 Å². The van der Waals surface area contributed by atoms with Crippen LogP contribution in [0.1, 0.15) is 17.0 Å². The Hall–Kier alpha value is -2.74. The zero-order valence-electron chi connectivity index (χ0n) is 12.1. The highest BCUT2D eigenvalue weighted by atomic mass is 32.1. The Bertz CT molecular complexity index is 904. The number of phenols is 1. The second-order valence-corrected chi connectivity index (χ2v) is 5.17. The Morgan fingerprint density at radius 3 is 2.77 bits per heavy atom. The molecule has 1 aromatic carbocycles. The molecule has 3 aromatic rings. The van der Waals surface area contributed by atoms with Gasteiger partial charge in [-0.15, -0.1) is 5.10 Å². The van der Waals surface area contributed by atoms with Gasteiger partial charge in [0, 0.05) is 11.3 Å². The third-order valence-electron chi connectivity index (χ3n) is 3.08. The van der Waals surface area contributed by atoms with Gasteiger partial charge in [0.1, 0.15) is 5.75 Å². The summed E-state index contributed by atoms with van der Waals surface area (Å²) >= 11 is 5.20. The molecule has 0 saturated heterocycles. The van der Waals surface area contributed by atoms with E-state index >= 15 is 0 Å². The zero-order valence-corrected chi connectivity index (χ0v) is 12.9. The number of aryl methyl sites for hydroxylation is 2. The summed E-state index contributed by atoms with van der Waals surface area (Å²) in [6.07, 6.45) is 1.52. The molecule has 0 atom stereocenters. The molecule has 22 heavy (non-hydrogen) atoms. The SMILES string of the molecule is Cc1cc(C)n(-c2n[nH]c(=S)n2/N=C/c2ccccc2O)n1. The predicted molar refractivity (Wildman–Crippen MR) is 85.1 cm³/mol. The molecule has 8 heteroatoms. The van der Waals surface area contributed by atoms with E-state index in [2.05, 4.69) is 20.4 Å². The Balaban J connectivity index is 2.06. The summed E-state index contributed by atoms with van der Waals surface area (Å²) in [6, 6.07) is 8.85. The van der Waals surface area contributed by atoms with Gasteiger partial charge in [0.05, 0.1) is 11.9 Å². The lowest BCUT2D eigenvalue weighted by atomic mass is 10.2. The van der Waals surface area contributed by atoms with Crippen LogP contribution >= 0.6 is 12.2 Å². The van der Waals surface area contributed by atoms with Crippen LogP contribution in [0, 0.1) is 18.6 Å². The molecule has 112 valence electrons. The van der Waals surface area contributed by atoms with Gasteiger partial charge in [-0.05, 0) is 44.3 Å². The minimum Gasteiger partial charge on any atom is -0.507 e. The van der Waals surface area contributed by atoms with Gasteiger partial charge in [-0.25, -0.2) is 9.78 Å². The van der Waals surface area contributed by atoms with Crippen molar-refractivity contribution in [2.75, 3.05) is 0 Å². The molecule has 0 fully saturated rings. The van der Waals surface area contributed by atoms with Crippen molar-refractivity contribution in [3.05, 3.63) is 52.1 Å². The van der Waals surface area contributed by atoms with E-state index in [9.17, 15) is 5.11 Å². The van der Waals surface area contributed by atoms with Crippen molar-refractivity contribution in [3.63, 3.8) is 0 Å². The number of hydrogen-bond donors (Lipinski definition) is 2. The second kappa shape index (κ2) is 5.57. The minimum atomic E-state index is 0.147. The summed E-state index contributed by atoms with van der Waals surface area (Å²) in [5, 5.41) is 25.3. The average molecular weight is 314 g/mol. The number of nitrogens with one attached hydrogen (secondary N) is 1. The molecule has 0 radical (unpaired) electrons. The van der Waals surface area contributed by atoms with Crippen LogP contribution in [0.4, 0.5) is 0 Å². The first kappa shape index (κ1) is 14.2. The van der Waals surface area contributed by atoms with E-state index < -0.39 is 0 Å². The number of aromatic nitrogens is 5. The van der Waals surface area contributed by atoms with Gasteiger partial charge >= 0.3 is 0 Å². The van der Waals surface area contributed by atoms with Crippen LogP contribution < -0.4 is 0 Å². The molecule has 0 spiro atoms. The van der Waals surface area contributed by atoms with Gasteiger partial charge in [-0.3, -0.25) is 0 Å². The average Bonchev–Trinajstić information content (AvgIpc) is 3.00. The van der Waals surface area contributed by atoms with Crippen molar-refractivity contribution in [2.24, 2.45) is 5.10 Å². The summed E-state index contributed by atoms with van der Waals surface area (Å²) < 4.78 is 3.46. The first-order chi connectivity index (χ1) is 10.6. The number of H-pyrrole nitrogens is 1. The standard InChI is InChI=1S/C14H14N6OS/c1-9-7-10(2)19(18-9)13-16-17-14(22)20(13)15-8-11-5-3-4-6-12(11)21/h3-8,21H,1-2H3,(H,17,22)/b15-8+. The Kier molecular flexibility index (Phi) is 3.60. The van der Waals surface area contributed by atoms with Crippen molar-refractivity contribution >= 4 is 18.4 Å². The fraction of sp³-hybridized carbons (Fsp3) is 0.143. The number of aromatic hydroxyl groups is 1. The Labute approximate surface area is 131 Å². The molecule has 3 rings (SSSR count). The van der Waals surface area contributed by atoms with E-state index in [1.54, 1.807) is 22.9 Å².